The van der Waals surface area contributed by atoms with Gasteiger partial charge in [-0.15, -0.1) is 0 Å². The molecular weight excluding hydrogens is 763 g/mol. The van der Waals surface area contributed by atoms with Crippen LogP contribution in [0.25, 0.3) is 99.2 Å². The first-order valence-electron chi connectivity index (χ1n) is 21.6. The lowest BCUT2D eigenvalue weighted by Gasteiger charge is -2.34. The molecule has 0 spiro atoms. The van der Waals surface area contributed by atoms with E-state index in [1.54, 1.807) is 0 Å². The zero-order chi connectivity index (χ0) is 41.5. The highest BCUT2D eigenvalue weighted by Gasteiger charge is 2.46. The Kier molecular flexibility index (Phi) is 7.82. The summed E-state index contributed by atoms with van der Waals surface area (Å²) in [5.74, 6) is 0. The van der Waals surface area contributed by atoms with Gasteiger partial charge in [0.15, 0.2) is 0 Å². The second-order valence-corrected chi connectivity index (χ2v) is 16.6. The summed E-state index contributed by atoms with van der Waals surface area (Å²) in [6.07, 6.45) is 0. The van der Waals surface area contributed by atoms with Gasteiger partial charge in [0.25, 0.3) is 0 Å². The third-order valence-corrected chi connectivity index (χ3v) is 13.3. The molecule has 63 heavy (non-hydrogen) atoms. The summed E-state index contributed by atoms with van der Waals surface area (Å²) in [6, 6.07) is 80.8. The van der Waals surface area contributed by atoms with Crippen LogP contribution in [0.4, 0.5) is 0 Å². The molecule has 3 heteroatoms. The molecule has 3 aromatic heterocycles. The molecule has 3 nitrogen and oxygen atoms in total. The van der Waals surface area contributed by atoms with Crippen molar-refractivity contribution >= 4 is 54.3 Å². The third kappa shape index (κ3) is 5.23. The maximum absolute atomic E-state index is 5.65. The molecule has 0 fully saturated rings. The normalized spacial score (nSPS) is 12.9. The molecule has 12 aromatic rings. The van der Waals surface area contributed by atoms with Crippen molar-refractivity contribution in [1.82, 2.24) is 15.0 Å². The maximum Gasteiger partial charge on any atom is 0.0972 e. The molecule has 0 amide bonds. The Hall–Kier alpha value is -8.27. The molecule has 0 saturated heterocycles. The van der Waals surface area contributed by atoms with E-state index < -0.39 is 5.41 Å². The van der Waals surface area contributed by atoms with Crippen LogP contribution in [0.5, 0.6) is 0 Å². The van der Waals surface area contributed by atoms with E-state index in [4.69, 9.17) is 15.0 Å². The Bertz CT molecular complexity index is 3750. The number of hydrogen-bond acceptors (Lipinski definition) is 3. The van der Waals surface area contributed by atoms with E-state index in [-0.39, 0.29) is 0 Å². The van der Waals surface area contributed by atoms with Crippen LogP contribution in [-0.4, -0.2) is 15.0 Å². The lowest BCUT2D eigenvalue weighted by Crippen LogP contribution is -2.28. The van der Waals surface area contributed by atoms with Crippen molar-refractivity contribution in [2.45, 2.75) is 5.41 Å². The van der Waals surface area contributed by atoms with Crippen LogP contribution in [0.15, 0.2) is 224 Å². The van der Waals surface area contributed by atoms with Crippen LogP contribution in [0.2, 0.25) is 0 Å². The van der Waals surface area contributed by atoms with Crippen molar-refractivity contribution in [2.24, 2.45) is 0 Å². The van der Waals surface area contributed by atoms with Gasteiger partial charge in [0.05, 0.1) is 39.0 Å². The summed E-state index contributed by atoms with van der Waals surface area (Å²) in [4.78, 5) is 16.2. The summed E-state index contributed by atoms with van der Waals surface area (Å²) in [6.45, 7) is 0. The van der Waals surface area contributed by atoms with Crippen molar-refractivity contribution in [1.29, 1.82) is 0 Å². The first kappa shape index (κ1) is 35.5. The molecule has 0 atom stereocenters. The predicted molar refractivity (Wildman–Crippen MR) is 261 cm³/mol. The average Bonchev–Trinajstić information content (AvgIpc) is 3.67. The molecule has 1 aliphatic carbocycles. The van der Waals surface area contributed by atoms with Gasteiger partial charge in [-0.3, -0.25) is 0 Å². The van der Waals surface area contributed by atoms with Crippen molar-refractivity contribution in [3.8, 4) is 44.9 Å². The van der Waals surface area contributed by atoms with Gasteiger partial charge in [0, 0.05) is 38.2 Å². The number of rotatable bonds is 5. The van der Waals surface area contributed by atoms with Gasteiger partial charge in [0.2, 0.25) is 0 Å². The van der Waals surface area contributed by atoms with E-state index >= 15 is 0 Å². The summed E-state index contributed by atoms with van der Waals surface area (Å²) >= 11 is 0. The number of benzene rings is 9. The Morgan fingerprint density at radius 1 is 0.317 bits per heavy atom. The minimum Gasteiger partial charge on any atom is -0.247 e. The molecule has 0 saturated carbocycles. The first-order chi connectivity index (χ1) is 31.3. The molecule has 0 unspecified atom stereocenters. The fraction of sp³-hybridized carbons (Fsp3) is 0.0167. The molecule has 13 rings (SSSR count). The number of nitrogens with zero attached hydrogens (tertiary/aromatic N) is 3. The molecule has 0 aliphatic heterocycles. The predicted octanol–water partition coefficient (Wildman–Crippen LogP) is 15.0. The second-order valence-electron chi connectivity index (χ2n) is 16.6. The minimum absolute atomic E-state index is 0.488. The largest absolute Gasteiger partial charge is 0.247 e. The number of fused-ring (bicyclic) bond motifs is 11. The Morgan fingerprint density at radius 2 is 0.841 bits per heavy atom. The average molecular weight is 800 g/mol. The second kappa shape index (κ2) is 13.9. The van der Waals surface area contributed by atoms with E-state index in [0.717, 1.165) is 77.3 Å². The van der Waals surface area contributed by atoms with Gasteiger partial charge in [-0.25, -0.2) is 15.0 Å². The van der Waals surface area contributed by atoms with Gasteiger partial charge in [-0.2, -0.15) is 0 Å². The van der Waals surface area contributed by atoms with Gasteiger partial charge in [-0.05, 0) is 67.7 Å². The monoisotopic (exact) mass is 799 g/mol. The summed E-state index contributed by atoms with van der Waals surface area (Å²) in [5, 5.41) is 7.91. The Balaban J connectivity index is 1.02. The highest BCUT2D eigenvalue weighted by Crippen LogP contribution is 2.58. The fourth-order valence-electron chi connectivity index (χ4n) is 10.6. The Labute approximate surface area is 364 Å². The topological polar surface area (TPSA) is 38.7 Å². The van der Waals surface area contributed by atoms with Crippen molar-refractivity contribution in [3.05, 3.63) is 247 Å². The van der Waals surface area contributed by atoms with Crippen molar-refractivity contribution < 1.29 is 0 Å². The van der Waals surface area contributed by atoms with Gasteiger partial charge in [-0.1, -0.05) is 206 Å². The highest BCUT2D eigenvalue weighted by molar-refractivity contribution is 6.20. The van der Waals surface area contributed by atoms with E-state index in [1.165, 1.54) is 44.2 Å². The van der Waals surface area contributed by atoms with Crippen LogP contribution < -0.4 is 0 Å². The van der Waals surface area contributed by atoms with Gasteiger partial charge < -0.3 is 0 Å². The molecule has 3 heterocycles. The molecule has 1 aliphatic rings. The molecule has 9 aromatic carbocycles. The zero-order valence-corrected chi connectivity index (χ0v) is 34.2. The zero-order valence-electron chi connectivity index (χ0n) is 34.2. The summed E-state index contributed by atoms with van der Waals surface area (Å²) < 4.78 is 0. The quantitative estimate of drug-likeness (QED) is 0.163. The maximum atomic E-state index is 5.65. The van der Waals surface area contributed by atoms with E-state index in [0.29, 0.717) is 0 Å². The lowest BCUT2D eigenvalue weighted by atomic mass is 9.67. The van der Waals surface area contributed by atoms with Crippen LogP contribution in [0, 0.1) is 0 Å². The highest BCUT2D eigenvalue weighted by atomic mass is 14.8. The third-order valence-electron chi connectivity index (χ3n) is 13.3. The van der Waals surface area contributed by atoms with Crippen molar-refractivity contribution in [2.75, 3.05) is 0 Å². The molecule has 0 N–H and O–H groups in total. The fourth-order valence-corrected chi connectivity index (χ4v) is 10.6. The first-order valence-corrected chi connectivity index (χ1v) is 21.6. The number of pyridine rings is 3. The molecule has 292 valence electrons. The molecule has 0 radical (unpaired) electrons. The SMILES string of the molecule is c1ccc(-c2ccc3ccc4ccc(-c5cccc6c(-c7nc8ccc9c(c8c8ccccc78)-c7ccccc7C9(c7ccccc7)c7ccccc7)cccc56)nc4c3n2)cc1. The summed E-state index contributed by atoms with van der Waals surface area (Å²) in [7, 11) is 0. The number of hydrogen-bond donors (Lipinski definition) is 0. The van der Waals surface area contributed by atoms with Crippen LogP contribution in [-0.2, 0) is 5.41 Å². The number of aromatic nitrogens is 3. The van der Waals surface area contributed by atoms with E-state index in [9.17, 15) is 0 Å². The van der Waals surface area contributed by atoms with E-state index in [2.05, 4.69) is 218 Å². The smallest absolute Gasteiger partial charge is 0.0972 e. The van der Waals surface area contributed by atoms with E-state index in [1.807, 2.05) is 6.07 Å². The van der Waals surface area contributed by atoms with Crippen LogP contribution in [0.3, 0.4) is 0 Å². The van der Waals surface area contributed by atoms with Crippen LogP contribution in [0.1, 0.15) is 22.3 Å². The van der Waals surface area contributed by atoms with Crippen molar-refractivity contribution in [3.63, 3.8) is 0 Å². The minimum atomic E-state index is -0.488. The summed E-state index contributed by atoms with van der Waals surface area (Å²) in [5.41, 5.74) is 16.0. The van der Waals surface area contributed by atoms with Gasteiger partial charge in [0.1, 0.15) is 0 Å². The lowest BCUT2D eigenvalue weighted by molar-refractivity contribution is 0.769. The van der Waals surface area contributed by atoms with Gasteiger partial charge >= 0.3 is 0 Å². The molecular formula is C60H37N3. The van der Waals surface area contributed by atoms with Crippen LogP contribution >= 0.6 is 0 Å². The standard InChI is InChI=1S/C60H37N3/c1-4-16-38(17-5-1)52-35-32-39-30-31-40-33-36-53(62-58(40)57(39)61-52)45-27-14-26-44-43(45)25-15-28-47(44)59-48-23-11-10-22-46(48)56-54(63-59)37-34-51-55(56)49-24-12-13-29-50(49)60(51,41-18-6-2-7-19-41)42-20-8-3-9-21-42/h1-37H. The Morgan fingerprint density at radius 3 is 1.56 bits per heavy atom. The molecule has 0 bridgehead atoms.